The quantitative estimate of drug-likeness (QED) is 0.161. The molecule has 446 valence electrons. The average Bonchev–Trinajstić information content (AvgIpc) is 1.64. The van der Waals surface area contributed by atoms with Crippen molar-refractivity contribution in [2.24, 2.45) is 0 Å². The van der Waals surface area contributed by atoms with Crippen LogP contribution in [0.25, 0.3) is 229 Å². The molecular weight excluding hydrogens is 1180 g/mol. The largest absolute Gasteiger partial charge is 0.455 e. The van der Waals surface area contributed by atoms with E-state index in [1.165, 1.54) is 87.2 Å². The van der Waals surface area contributed by atoms with E-state index in [0.717, 1.165) is 142 Å². The second kappa shape index (κ2) is 19.9. The SMILES string of the molecule is c1ccc2cc(-c3c4ccccc4c(-c4cc5c(oc6ccc7cc(-c8ccc9c(ccc%10c%11cc%12c(oc%13c%14ccccc%14ccc%12%13)c(-c%12c%13ccccc%13c(-c%13ccc%14ccccc%14c%13)c%13ccccc%12%13)c%11oc9%10)c8)ccc7c65)c5ccccc45)c4ccccc34)ccc2c1. The molecule has 0 unspecified atom stereocenters. The molecular formula is C94H52O3. The lowest BCUT2D eigenvalue weighted by molar-refractivity contribution is 0.662. The van der Waals surface area contributed by atoms with Gasteiger partial charge < -0.3 is 13.3 Å². The maximum atomic E-state index is 7.55. The summed E-state index contributed by atoms with van der Waals surface area (Å²) in [5.74, 6) is 0. The van der Waals surface area contributed by atoms with E-state index in [2.05, 4.69) is 315 Å². The summed E-state index contributed by atoms with van der Waals surface area (Å²) < 4.78 is 21.9. The van der Waals surface area contributed by atoms with Crippen molar-refractivity contribution in [2.75, 3.05) is 0 Å². The standard InChI is InChI=1S/C94H52O3/c1-3-20-56-49-62(35-33-53(56)17-1)84-68-24-8-12-28-72(68)86(73-29-13-9-25-69(73)84)79-51-82-87-64-42-38-58(47-60(64)41-46-83(87)95-92(82)76-32-16-7-23-67(76)79)59-39-43-66-61(48-59)40-45-78-81-52-80-77-44-37-55-19-5-6-22-65(55)90(77)96-93(80)89(94(81)97-91(66)78)88-74-30-14-10-26-70(74)85(71-27-11-15-31-75(71)88)63-36-34-54-18-2-4-21-57(54)50-63/h1-52H. The highest BCUT2D eigenvalue weighted by Gasteiger charge is 2.28. The molecule has 3 heteroatoms. The molecule has 0 fully saturated rings. The van der Waals surface area contributed by atoms with E-state index >= 15 is 0 Å². The van der Waals surface area contributed by atoms with Crippen LogP contribution in [0.5, 0.6) is 0 Å². The smallest absolute Gasteiger partial charge is 0.147 e. The first-order valence-electron chi connectivity index (χ1n) is 33.4. The fraction of sp³-hybridized carbons (Fsp3) is 0. The molecule has 97 heavy (non-hydrogen) atoms. The van der Waals surface area contributed by atoms with E-state index in [1.807, 2.05) is 0 Å². The van der Waals surface area contributed by atoms with E-state index in [-0.39, 0.29) is 0 Å². The Bertz CT molecular complexity index is 7140. The third-order valence-electron chi connectivity index (χ3n) is 21.3. The fourth-order valence-electron chi connectivity index (χ4n) is 17.0. The van der Waals surface area contributed by atoms with E-state index in [4.69, 9.17) is 13.3 Å². The van der Waals surface area contributed by atoms with Crippen molar-refractivity contribution in [2.45, 2.75) is 0 Å². The molecule has 19 aromatic carbocycles. The van der Waals surface area contributed by atoms with Crippen molar-refractivity contribution < 1.29 is 13.3 Å². The normalized spacial score (nSPS) is 12.3. The molecule has 3 aromatic heterocycles. The molecule has 0 saturated carbocycles. The average molecular weight is 1230 g/mol. The predicted molar refractivity (Wildman–Crippen MR) is 411 cm³/mol. The van der Waals surface area contributed by atoms with Gasteiger partial charge in [-0.25, -0.2) is 0 Å². The summed E-state index contributed by atoms with van der Waals surface area (Å²) in [6, 6.07) is 116. The van der Waals surface area contributed by atoms with Gasteiger partial charge in [0.1, 0.15) is 33.5 Å². The van der Waals surface area contributed by atoms with Crippen molar-refractivity contribution in [3.8, 4) is 55.6 Å². The van der Waals surface area contributed by atoms with Gasteiger partial charge in [-0.3, -0.25) is 0 Å². The second-order valence-corrected chi connectivity index (χ2v) is 26.4. The van der Waals surface area contributed by atoms with Gasteiger partial charge >= 0.3 is 0 Å². The van der Waals surface area contributed by atoms with Gasteiger partial charge in [-0.2, -0.15) is 0 Å². The summed E-state index contributed by atoms with van der Waals surface area (Å²) in [7, 11) is 0. The first-order valence-corrected chi connectivity index (χ1v) is 33.4. The number of furan rings is 3. The minimum absolute atomic E-state index is 0.806. The molecule has 0 amide bonds. The maximum Gasteiger partial charge on any atom is 0.147 e. The van der Waals surface area contributed by atoms with Crippen LogP contribution in [-0.2, 0) is 0 Å². The van der Waals surface area contributed by atoms with Gasteiger partial charge in [0.25, 0.3) is 0 Å². The van der Waals surface area contributed by atoms with Crippen LogP contribution in [0.2, 0.25) is 0 Å². The predicted octanol–water partition coefficient (Wildman–Crippen LogP) is 27.3. The molecule has 0 atom stereocenters. The Morgan fingerprint density at radius 3 is 1.05 bits per heavy atom. The Morgan fingerprint density at radius 2 is 0.505 bits per heavy atom. The Hall–Kier alpha value is -12.8. The third-order valence-corrected chi connectivity index (χ3v) is 21.3. The molecule has 0 radical (unpaired) electrons. The first-order chi connectivity index (χ1) is 48.1. The lowest BCUT2D eigenvalue weighted by Gasteiger charge is -2.19. The molecule has 0 spiro atoms. The van der Waals surface area contributed by atoms with Crippen LogP contribution in [0.3, 0.4) is 0 Å². The van der Waals surface area contributed by atoms with Crippen LogP contribution in [-0.4, -0.2) is 0 Å². The zero-order valence-corrected chi connectivity index (χ0v) is 52.2. The highest BCUT2D eigenvalue weighted by Crippen LogP contribution is 2.54. The number of hydrogen-bond donors (Lipinski definition) is 0. The van der Waals surface area contributed by atoms with Gasteiger partial charge in [0.05, 0.1) is 5.56 Å². The zero-order chi connectivity index (χ0) is 63.1. The van der Waals surface area contributed by atoms with Crippen molar-refractivity contribution in [3.05, 3.63) is 315 Å². The van der Waals surface area contributed by atoms with Gasteiger partial charge in [-0.05, 0) is 197 Å². The summed E-state index contributed by atoms with van der Waals surface area (Å²) in [5.41, 5.74) is 16.7. The summed E-state index contributed by atoms with van der Waals surface area (Å²) in [6.07, 6.45) is 0. The number of rotatable bonds is 5. The minimum Gasteiger partial charge on any atom is -0.455 e. The summed E-state index contributed by atoms with van der Waals surface area (Å²) in [6.45, 7) is 0. The summed E-state index contributed by atoms with van der Waals surface area (Å²) in [4.78, 5) is 0. The number of hydrogen-bond acceptors (Lipinski definition) is 3. The Labute approximate surface area is 554 Å². The van der Waals surface area contributed by atoms with Gasteiger partial charge in [-0.15, -0.1) is 0 Å². The Kier molecular flexibility index (Phi) is 10.8. The lowest BCUT2D eigenvalue weighted by atomic mass is 9.84. The van der Waals surface area contributed by atoms with Gasteiger partial charge in [-0.1, -0.05) is 255 Å². The molecule has 0 N–H and O–H groups in total. The molecule has 22 rings (SSSR count). The third kappa shape index (κ3) is 7.51. The first kappa shape index (κ1) is 52.6. The van der Waals surface area contributed by atoms with Crippen molar-refractivity contribution in [1.29, 1.82) is 0 Å². The van der Waals surface area contributed by atoms with Crippen LogP contribution in [0.15, 0.2) is 329 Å². The van der Waals surface area contributed by atoms with Gasteiger partial charge in [0, 0.05) is 54.0 Å². The fourth-order valence-corrected chi connectivity index (χ4v) is 17.0. The molecule has 0 aliphatic rings. The topological polar surface area (TPSA) is 39.4 Å². The van der Waals surface area contributed by atoms with Crippen LogP contribution in [0, 0.1) is 0 Å². The van der Waals surface area contributed by atoms with Crippen LogP contribution in [0.1, 0.15) is 0 Å². The molecule has 0 aliphatic carbocycles. The summed E-state index contributed by atoms with van der Waals surface area (Å²) >= 11 is 0. The zero-order valence-electron chi connectivity index (χ0n) is 52.2. The van der Waals surface area contributed by atoms with Crippen molar-refractivity contribution in [3.63, 3.8) is 0 Å². The maximum absolute atomic E-state index is 7.55. The van der Waals surface area contributed by atoms with Crippen LogP contribution in [0.4, 0.5) is 0 Å². The minimum atomic E-state index is 0.806. The van der Waals surface area contributed by atoms with Crippen LogP contribution < -0.4 is 0 Å². The monoisotopic (exact) mass is 1230 g/mol. The van der Waals surface area contributed by atoms with Crippen molar-refractivity contribution >= 4 is 174 Å². The Balaban J connectivity index is 0.719. The molecule has 0 bridgehead atoms. The highest BCUT2D eigenvalue weighted by molar-refractivity contribution is 6.33. The van der Waals surface area contributed by atoms with Gasteiger partial charge in [0.2, 0.25) is 0 Å². The van der Waals surface area contributed by atoms with Crippen LogP contribution >= 0.6 is 0 Å². The molecule has 22 aromatic rings. The lowest BCUT2D eigenvalue weighted by Crippen LogP contribution is -1.92. The summed E-state index contributed by atoms with van der Waals surface area (Å²) in [5, 5.41) is 29.8. The van der Waals surface area contributed by atoms with E-state index in [1.54, 1.807) is 0 Å². The highest BCUT2D eigenvalue weighted by atomic mass is 16.3. The van der Waals surface area contributed by atoms with E-state index in [0.29, 0.717) is 0 Å². The molecule has 0 aliphatic heterocycles. The second-order valence-electron chi connectivity index (χ2n) is 26.4. The van der Waals surface area contributed by atoms with Gasteiger partial charge in [0.15, 0.2) is 0 Å². The Morgan fingerprint density at radius 1 is 0.155 bits per heavy atom. The van der Waals surface area contributed by atoms with E-state index < -0.39 is 0 Å². The molecule has 3 nitrogen and oxygen atoms in total. The number of benzene rings is 19. The van der Waals surface area contributed by atoms with Crippen molar-refractivity contribution in [1.82, 2.24) is 0 Å². The molecule has 3 heterocycles. The van der Waals surface area contributed by atoms with E-state index in [9.17, 15) is 0 Å². The number of fused-ring (bicyclic) bond motifs is 23. The molecule has 0 saturated heterocycles.